The molecule has 7 aromatic carbocycles. The number of furan rings is 2. The lowest BCUT2D eigenvalue weighted by atomic mass is 9.97. The lowest BCUT2D eigenvalue weighted by Crippen LogP contribution is -1.92. The molecule has 0 radical (unpaired) electrons. The van der Waals surface area contributed by atoms with Gasteiger partial charge in [0.25, 0.3) is 0 Å². The van der Waals surface area contributed by atoms with Crippen LogP contribution in [0, 0.1) is 0 Å². The second-order valence-corrected chi connectivity index (χ2v) is 12.1. The summed E-state index contributed by atoms with van der Waals surface area (Å²) in [6.07, 6.45) is 0. The van der Waals surface area contributed by atoms with E-state index in [1.807, 2.05) is 6.07 Å². The van der Waals surface area contributed by atoms with Gasteiger partial charge in [-0.1, -0.05) is 133 Å². The number of hydrogen-bond donors (Lipinski definition) is 0. The van der Waals surface area contributed by atoms with E-state index in [9.17, 15) is 0 Å². The van der Waals surface area contributed by atoms with Crippen LogP contribution >= 0.6 is 0 Å². The first-order chi connectivity index (χ1) is 23.3. The average molecular weight is 602 g/mol. The van der Waals surface area contributed by atoms with Gasteiger partial charge in [0, 0.05) is 43.9 Å². The number of fused-ring (bicyclic) bond motifs is 8. The second-order valence-electron chi connectivity index (χ2n) is 12.1. The van der Waals surface area contributed by atoms with Crippen LogP contribution in [0.2, 0.25) is 0 Å². The van der Waals surface area contributed by atoms with Crippen LogP contribution in [0.4, 0.5) is 0 Å². The normalized spacial score (nSPS) is 11.8. The quantitative estimate of drug-likeness (QED) is 0.201. The van der Waals surface area contributed by atoms with Gasteiger partial charge in [0.1, 0.15) is 22.3 Å². The van der Waals surface area contributed by atoms with Gasteiger partial charge in [-0.2, -0.15) is 0 Å². The first-order valence-corrected chi connectivity index (χ1v) is 15.9. The number of aromatic nitrogens is 1. The van der Waals surface area contributed by atoms with Crippen molar-refractivity contribution in [3.05, 3.63) is 164 Å². The lowest BCUT2D eigenvalue weighted by Gasteiger charge is -2.08. The Morgan fingerprint density at radius 3 is 1.38 bits per heavy atom. The van der Waals surface area contributed by atoms with E-state index >= 15 is 0 Å². The summed E-state index contributed by atoms with van der Waals surface area (Å²) in [5, 5.41) is 4.46. The molecule has 220 valence electrons. The van der Waals surface area contributed by atoms with Crippen molar-refractivity contribution in [3.8, 4) is 39.1 Å². The SMILES string of the molecule is c1ccc(-c2cccc3c2oc2c(-c4ccc(-c5cccc6c5oc5c7ccccc7n(-c7ccccc7)c65)cc4)cccc23)cc1. The maximum atomic E-state index is 6.77. The van der Waals surface area contributed by atoms with Crippen LogP contribution in [0.25, 0.3) is 94.0 Å². The van der Waals surface area contributed by atoms with Gasteiger partial charge in [-0.15, -0.1) is 0 Å². The summed E-state index contributed by atoms with van der Waals surface area (Å²) < 4.78 is 15.8. The third-order valence-corrected chi connectivity index (χ3v) is 9.43. The molecule has 0 bridgehead atoms. The zero-order valence-corrected chi connectivity index (χ0v) is 25.4. The van der Waals surface area contributed by atoms with E-state index in [2.05, 4.69) is 162 Å². The number of para-hydroxylation sites is 5. The van der Waals surface area contributed by atoms with Crippen LogP contribution in [0.15, 0.2) is 173 Å². The van der Waals surface area contributed by atoms with Crippen molar-refractivity contribution in [3.63, 3.8) is 0 Å². The first kappa shape index (κ1) is 26.0. The molecule has 0 aliphatic carbocycles. The average Bonchev–Trinajstić information content (AvgIpc) is 3.81. The predicted molar refractivity (Wildman–Crippen MR) is 194 cm³/mol. The molecule has 0 aliphatic heterocycles. The van der Waals surface area contributed by atoms with Crippen LogP contribution in [0.3, 0.4) is 0 Å². The molecule has 10 rings (SSSR count). The topological polar surface area (TPSA) is 31.2 Å². The minimum atomic E-state index is 0.897. The molecule has 0 atom stereocenters. The summed E-state index contributed by atoms with van der Waals surface area (Å²) in [6, 6.07) is 57.5. The zero-order valence-electron chi connectivity index (χ0n) is 25.4. The molecule has 0 saturated heterocycles. The molecule has 10 aromatic rings. The van der Waals surface area contributed by atoms with E-state index < -0.39 is 0 Å². The van der Waals surface area contributed by atoms with Crippen LogP contribution in [-0.2, 0) is 0 Å². The summed E-state index contributed by atoms with van der Waals surface area (Å²) in [5.41, 5.74) is 13.6. The first-order valence-electron chi connectivity index (χ1n) is 15.9. The zero-order chi connectivity index (χ0) is 30.9. The van der Waals surface area contributed by atoms with Gasteiger partial charge in [0.2, 0.25) is 0 Å². The van der Waals surface area contributed by atoms with Gasteiger partial charge in [-0.05, 0) is 47.0 Å². The molecule has 3 aromatic heterocycles. The van der Waals surface area contributed by atoms with Crippen molar-refractivity contribution >= 4 is 54.9 Å². The van der Waals surface area contributed by atoms with Gasteiger partial charge in [0.15, 0.2) is 5.58 Å². The third kappa shape index (κ3) is 3.87. The monoisotopic (exact) mass is 601 g/mol. The van der Waals surface area contributed by atoms with Crippen molar-refractivity contribution < 1.29 is 8.83 Å². The summed E-state index contributed by atoms with van der Waals surface area (Å²) in [5.74, 6) is 0. The largest absolute Gasteiger partial charge is 0.455 e. The van der Waals surface area contributed by atoms with E-state index in [4.69, 9.17) is 8.83 Å². The van der Waals surface area contributed by atoms with Gasteiger partial charge < -0.3 is 13.4 Å². The maximum Gasteiger partial charge on any atom is 0.161 e. The van der Waals surface area contributed by atoms with Gasteiger partial charge in [0.05, 0.1) is 5.52 Å². The number of benzene rings is 7. The van der Waals surface area contributed by atoms with Crippen LogP contribution < -0.4 is 0 Å². The van der Waals surface area contributed by atoms with Crippen LogP contribution in [0.5, 0.6) is 0 Å². The predicted octanol–water partition coefficient (Wildman–Crippen LogP) is 12.4. The molecule has 0 saturated carbocycles. The fraction of sp³-hybridized carbons (Fsp3) is 0. The Hall–Kier alpha value is -6.32. The van der Waals surface area contributed by atoms with E-state index in [0.29, 0.717) is 0 Å². The minimum absolute atomic E-state index is 0.897. The Morgan fingerprint density at radius 1 is 0.319 bits per heavy atom. The third-order valence-electron chi connectivity index (χ3n) is 9.43. The van der Waals surface area contributed by atoms with Crippen molar-refractivity contribution in [1.82, 2.24) is 4.57 Å². The van der Waals surface area contributed by atoms with E-state index in [-0.39, 0.29) is 0 Å². The van der Waals surface area contributed by atoms with E-state index in [0.717, 1.165) is 94.0 Å². The van der Waals surface area contributed by atoms with E-state index in [1.54, 1.807) is 0 Å². The highest BCUT2D eigenvalue weighted by molar-refractivity contribution is 6.18. The van der Waals surface area contributed by atoms with Crippen LogP contribution in [0.1, 0.15) is 0 Å². The standard InChI is InChI=1S/C44H27NO2/c1-3-12-28(13-4-1)32-17-9-20-35-36-21-10-18-33(42(36)46-41(32)35)29-24-26-30(27-25-29)34-19-11-22-38-40-44(47-43(34)38)37-16-7-8-23-39(37)45(40)31-14-5-2-6-15-31/h1-27H. The molecule has 3 nitrogen and oxygen atoms in total. The molecule has 0 aliphatic rings. The Morgan fingerprint density at radius 2 is 0.766 bits per heavy atom. The molecule has 3 heteroatoms. The Balaban J connectivity index is 1.11. The summed E-state index contributed by atoms with van der Waals surface area (Å²) in [7, 11) is 0. The molecule has 0 fully saturated rings. The lowest BCUT2D eigenvalue weighted by molar-refractivity contribution is 0.671. The van der Waals surface area contributed by atoms with Crippen molar-refractivity contribution in [2.45, 2.75) is 0 Å². The molecular weight excluding hydrogens is 574 g/mol. The fourth-order valence-corrected chi connectivity index (χ4v) is 7.29. The fourth-order valence-electron chi connectivity index (χ4n) is 7.29. The second kappa shape index (κ2) is 10.1. The molecule has 0 spiro atoms. The summed E-state index contributed by atoms with van der Waals surface area (Å²) in [4.78, 5) is 0. The molecule has 0 amide bonds. The molecular formula is C44H27NO2. The van der Waals surface area contributed by atoms with Gasteiger partial charge >= 0.3 is 0 Å². The van der Waals surface area contributed by atoms with Crippen LogP contribution in [-0.4, -0.2) is 4.57 Å². The smallest absolute Gasteiger partial charge is 0.161 e. The highest BCUT2D eigenvalue weighted by Crippen LogP contribution is 2.43. The highest BCUT2D eigenvalue weighted by atomic mass is 16.3. The number of rotatable bonds is 4. The Labute approximate surface area is 270 Å². The molecule has 3 heterocycles. The van der Waals surface area contributed by atoms with Crippen molar-refractivity contribution in [1.29, 1.82) is 0 Å². The van der Waals surface area contributed by atoms with Crippen molar-refractivity contribution in [2.75, 3.05) is 0 Å². The Bertz CT molecular complexity index is 2760. The molecule has 47 heavy (non-hydrogen) atoms. The van der Waals surface area contributed by atoms with E-state index in [1.165, 1.54) is 0 Å². The van der Waals surface area contributed by atoms with Crippen molar-refractivity contribution in [2.24, 2.45) is 0 Å². The maximum absolute atomic E-state index is 6.77. The molecule has 0 N–H and O–H groups in total. The van der Waals surface area contributed by atoms with Gasteiger partial charge in [-0.3, -0.25) is 0 Å². The molecule has 0 unspecified atom stereocenters. The summed E-state index contributed by atoms with van der Waals surface area (Å²) >= 11 is 0. The highest BCUT2D eigenvalue weighted by Gasteiger charge is 2.21. The number of hydrogen-bond acceptors (Lipinski definition) is 2. The minimum Gasteiger partial charge on any atom is -0.455 e. The van der Waals surface area contributed by atoms with Gasteiger partial charge in [-0.25, -0.2) is 0 Å². The number of nitrogens with zero attached hydrogens (tertiary/aromatic N) is 1. The summed E-state index contributed by atoms with van der Waals surface area (Å²) in [6.45, 7) is 0. The Kier molecular flexibility index (Phi) is 5.57.